The molecule has 0 aliphatic rings. The van der Waals surface area contributed by atoms with E-state index in [1.54, 1.807) is 0 Å². The number of anilines is 1. The van der Waals surface area contributed by atoms with Gasteiger partial charge in [0.2, 0.25) is 0 Å². The highest BCUT2D eigenvalue weighted by Gasteiger charge is 2.06. The van der Waals surface area contributed by atoms with Crippen LogP contribution in [0.15, 0.2) is 24.4 Å². The Labute approximate surface area is 120 Å². The molecule has 2 rings (SSSR count). The van der Waals surface area contributed by atoms with Gasteiger partial charge in [0.1, 0.15) is 5.75 Å². The van der Waals surface area contributed by atoms with Crippen molar-refractivity contribution >= 4 is 5.69 Å². The Balaban J connectivity index is 2.10. The number of benzene rings is 1. The summed E-state index contributed by atoms with van der Waals surface area (Å²) in [4.78, 5) is 0. The lowest BCUT2D eigenvalue weighted by atomic mass is 10.2. The second-order valence-corrected chi connectivity index (χ2v) is 5.12. The summed E-state index contributed by atoms with van der Waals surface area (Å²) in [6.45, 7) is 7.71. The summed E-state index contributed by atoms with van der Waals surface area (Å²) in [7, 11) is 1.94. The number of nitrogens with zero attached hydrogens (tertiary/aromatic N) is 2. The van der Waals surface area contributed by atoms with E-state index in [2.05, 4.69) is 42.5 Å². The molecule has 0 unspecified atom stereocenters. The van der Waals surface area contributed by atoms with Crippen molar-refractivity contribution in [3.8, 4) is 5.75 Å². The Kier molecular flexibility index (Phi) is 4.66. The summed E-state index contributed by atoms with van der Waals surface area (Å²) >= 11 is 0. The molecule has 20 heavy (non-hydrogen) atoms. The van der Waals surface area contributed by atoms with Gasteiger partial charge in [-0.05, 0) is 38.0 Å². The minimum absolute atomic E-state index is 0.740. The lowest BCUT2D eigenvalue weighted by molar-refractivity contribution is 0.318. The fourth-order valence-corrected chi connectivity index (χ4v) is 2.12. The standard InChI is InChI=1S/C16H23N3O/c1-5-8-20-16-9-12(2)6-7-15(16)17-10-14-11-19(4)18-13(14)3/h6-7,9,11,17H,5,8,10H2,1-4H3. The summed E-state index contributed by atoms with van der Waals surface area (Å²) < 4.78 is 7.65. The van der Waals surface area contributed by atoms with E-state index in [1.165, 1.54) is 11.1 Å². The third kappa shape index (κ3) is 3.53. The van der Waals surface area contributed by atoms with Gasteiger partial charge in [-0.15, -0.1) is 0 Å². The lowest BCUT2D eigenvalue weighted by Crippen LogP contribution is -2.04. The topological polar surface area (TPSA) is 39.1 Å². The Bertz CT molecular complexity index is 575. The summed E-state index contributed by atoms with van der Waals surface area (Å²) in [5.74, 6) is 0.924. The van der Waals surface area contributed by atoms with E-state index in [4.69, 9.17) is 4.74 Å². The minimum atomic E-state index is 0.740. The van der Waals surface area contributed by atoms with E-state index < -0.39 is 0 Å². The van der Waals surface area contributed by atoms with Gasteiger partial charge in [0.05, 0.1) is 18.0 Å². The van der Waals surface area contributed by atoms with E-state index in [-0.39, 0.29) is 0 Å². The molecule has 1 N–H and O–H groups in total. The predicted molar refractivity (Wildman–Crippen MR) is 82.2 cm³/mol. The molecular formula is C16H23N3O. The molecule has 1 heterocycles. The van der Waals surface area contributed by atoms with E-state index >= 15 is 0 Å². The van der Waals surface area contributed by atoms with Gasteiger partial charge in [0, 0.05) is 25.4 Å². The second-order valence-electron chi connectivity index (χ2n) is 5.12. The van der Waals surface area contributed by atoms with Crippen LogP contribution < -0.4 is 10.1 Å². The van der Waals surface area contributed by atoms with Crippen molar-refractivity contribution in [2.75, 3.05) is 11.9 Å². The Morgan fingerprint density at radius 2 is 2.10 bits per heavy atom. The van der Waals surface area contributed by atoms with Crippen LogP contribution in [0.4, 0.5) is 5.69 Å². The number of rotatable bonds is 6. The van der Waals surface area contributed by atoms with E-state index in [0.29, 0.717) is 0 Å². The van der Waals surface area contributed by atoms with Gasteiger partial charge in [0.15, 0.2) is 0 Å². The van der Waals surface area contributed by atoms with Gasteiger partial charge >= 0.3 is 0 Å². The molecule has 0 aliphatic carbocycles. The molecule has 0 aliphatic heterocycles. The fraction of sp³-hybridized carbons (Fsp3) is 0.438. The van der Waals surface area contributed by atoms with Crippen molar-refractivity contribution in [1.82, 2.24) is 9.78 Å². The minimum Gasteiger partial charge on any atom is -0.491 e. The SMILES string of the molecule is CCCOc1cc(C)ccc1NCc1cn(C)nc1C. The van der Waals surface area contributed by atoms with Crippen molar-refractivity contribution in [2.24, 2.45) is 7.05 Å². The van der Waals surface area contributed by atoms with Gasteiger partial charge in [-0.1, -0.05) is 13.0 Å². The average Bonchev–Trinajstić information content (AvgIpc) is 2.73. The van der Waals surface area contributed by atoms with Crippen LogP contribution in [0.25, 0.3) is 0 Å². The average molecular weight is 273 g/mol. The summed E-state index contributed by atoms with van der Waals surface area (Å²) in [6, 6.07) is 6.25. The highest BCUT2D eigenvalue weighted by atomic mass is 16.5. The number of nitrogens with one attached hydrogen (secondary N) is 1. The van der Waals surface area contributed by atoms with Crippen molar-refractivity contribution in [2.45, 2.75) is 33.7 Å². The molecule has 0 bridgehead atoms. The van der Waals surface area contributed by atoms with E-state index in [1.807, 2.05) is 24.9 Å². The van der Waals surface area contributed by atoms with Crippen molar-refractivity contribution in [3.63, 3.8) is 0 Å². The molecule has 0 fully saturated rings. The van der Waals surface area contributed by atoms with Gasteiger partial charge < -0.3 is 10.1 Å². The number of aromatic nitrogens is 2. The van der Waals surface area contributed by atoms with Gasteiger partial charge in [0.25, 0.3) is 0 Å². The number of hydrogen-bond acceptors (Lipinski definition) is 3. The van der Waals surface area contributed by atoms with Crippen LogP contribution >= 0.6 is 0 Å². The number of ether oxygens (including phenoxy) is 1. The molecule has 0 spiro atoms. The number of aryl methyl sites for hydroxylation is 3. The maximum atomic E-state index is 5.81. The summed E-state index contributed by atoms with van der Waals surface area (Å²) in [5, 5.41) is 7.80. The van der Waals surface area contributed by atoms with Crippen molar-refractivity contribution in [3.05, 3.63) is 41.2 Å². The molecule has 2 aromatic rings. The van der Waals surface area contributed by atoms with Gasteiger partial charge in [-0.3, -0.25) is 4.68 Å². The molecular weight excluding hydrogens is 250 g/mol. The molecule has 4 nitrogen and oxygen atoms in total. The fourth-order valence-electron chi connectivity index (χ4n) is 2.12. The van der Waals surface area contributed by atoms with Crippen LogP contribution in [-0.2, 0) is 13.6 Å². The quantitative estimate of drug-likeness (QED) is 0.876. The van der Waals surface area contributed by atoms with Crippen LogP contribution in [0, 0.1) is 13.8 Å². The first-order valence-corrected chi connectivity index (χ1v) is 7.06. The number of hydrogen-bond donors (Lipinski definition) is 1. The largest absolute Gasteiger partial charge is 0.491 e. The molecule has 108 valence electrons. The predicted octanol–water partition coefficient (Wildman–Crippen LogP) is 3.44. The van der Waals surface area contributed by atoms with Crippen LogP contribution in [-0.4, -0.2) is 16.4 Å². The molecule has 0 atom stereocenters. The first-order chi connectivity index (χ1) is 9.60. The van der Waals surface area contributed by atoms with Crippen molar-refractivity contribution in [1.29, 1.82) is 0 Å². The summed E-state index contributed by atoms with van der Waals surface area (Å²) in [6.07, 6.45) is 3.05. The monoisotopic (exact) mass is 273 g/mol. The molecule has 0 radical (unpaired) electrons. The van der Waals surface area contributed by atoms with Crippen molar-refractivity contribution < 1.29 is 4.74 Å². The first-order valence-electron chi connectivity index (χ1n) is 7.06. The zero-order chi connectivity index (χ0) is 14.5. The van der Waals surface area contributed by atoms with E-state index in [0.717, 1.165) is 36.7 Å². The highest BCUT2D eigenvalue weighted by Crippen LogP contribution is 2.26. The highest BCUT2D eigenvalue weighted by molar-refractivity contribution is 5.58. The van der Waals surface area contributed by atoms with Crippen LogP contribution in [0.1, 0.15) is 30.2 Å². The molecule has 0 saturated carbocycles. The third-order valence-electron chi connectivity index (χ3n) is 3.18. The maximum Gasteiger partial charge on any atom is 0.142 e. The normalized spacial score (nSPS) is 10.6. The molecule has 1 aromatic carbocycles. The van der Waals surface area contributed by atoms with E-state index in [9.17, 15) is 0 Å². The zero-order valence-electron chi connectivity index (χ0n) is 12.7. The molecule has 4 heteroatoms. The Hall–Kier alpha value is -1.97. The Morgan fingerprint density at radius 1 is 1.30 bits per heavy atom. The lowest BCUT2D eigenvalue weighted by Gasteiger charge is -2.13. The Morgan fingerprint density at radius 3 is 2.75 bits per heavy atom. The third-order valence-corrected chi connectivity index (χ3v) is 3.18. The van der Waals surface area contributed by atoms with Crippen LogP contribution in [0.5, 0.6) is 5.75 Å². The summed E-state index contributed by atoms with van der Waals surface area (Å²) in [5.41, 5.74) is 4.50. The smallest absolute Gasteiger partial charge is 0.142 e. The van der Waals surface area contributed by atoms with Gasteiger partial charge in [-0.2, -0.15) is 5.10 Å². The second kappa shape index (κ2) is 6.46. The molecule has 0 saturated heterocycles. The van der Waals surface area contributed by atoms with Crippen LogP contribution in [0.2, 0.25) is 0 Å². The van der Waals surface area contributed by atoms with Gasteiger partial charge in [-0.25, -0.2) is 0 Å². The van der Waals surface area contributed by atoms with Crippen LogP contribution in [0.3, 0.4) is 0 Å². The maximum absolute atomic E-state index is 5.81. The first kappa shape index (κ1) is 14.4. The molecule has 1 aromatic heterocycles. The zero-order valence-corrected chi connectivity index (χ0v) is 12.7. The molecule has 0 amide bonds.